The van der Waals surface area contributed by atoms with Gasteiger partial charge in [-0.05, 0) is 42.0 Å². The van der Waals surface area contributed by atoms with Gasteiger partial charge in [-0.3, -0.25) is 9.78 Å². The summed E-state index contributed by atoms with van der Waals surface area (Å²) in [6.07, 6.45) is 3.55. The molecule has 2 N–H and O–H groups in total. The number of rotatable bonds is 6. The first kappa shape index (κ1) is 17.8. The molecule has 0 spiro atoms. The van der Waals surface area contributed by atoms with Gasteiger partial charge >= 0.3 is 0 Å². The summed E-state index contributed by atoms with van der Waals surface area (Å²) in [6.45, 7) is 0.577. The van der Waals surface area contributed by atoms with E-state index in [0.29, 0.717) is 22.9 Å². The summed E-state index contributed by atoms with van der Waals surface area (Å²) in [7, 11) is 1.51. The second-order valence-corrected chi connectivity index (χ2v) is 6.11. The average molecular weight is 368 g/mol. The molecule has 0 unspecified atom stereocenters. The molecule has 0 bridgehead atoms. The van der Waals surface area contributed by atoms with Gasteiger partial charge in [0.15, 0.2) is 0 Å². The van der Waals surface area contributed by atoms with E-state index in [0.717, 1.165) is 16.9 Å². The van der Waals surface area contributed by atoms with Crippen molar-refractivity contribution in [3.63, 3.8) is 0 Å². The Kier molecular flexibility index (Phi) is 5.39. The smallest absolute Gasteiger partial charge is 0.252 e. The summed E-state index contributed by atoms with van der Waals surface area (Å²) >= 11 is 6.18. The maximum atomic E-state index is 11.6. The molecule has 1 amide bonds. The maximum Gasteiger partial charge on any atom is 0.252 e. The number of ether oxygens (including phenoxy) is 1. The Morgan fingerprint density at radius 1 is 1.15 bits per heavy atom. The lowest BCUT2D eigenvalue weighted by Crippen LogP contribution is -2.18. The topological polar surface area (TPSA) is 68.4 Å². The van der Waals surface area contributed by atoms with Gasteiger partial charge in [-0.25, -0.2) is 0 Å². The SMILES string of the molecule is COc1cc(N(Cc2cccnc2)c2cccc(Cl)c2)ccc1C(N)=O. The molecule has 3 rings (SSSR count). The number of nitrogens with two attached hydrogens (primary N) is 1. The molecule has 132 valence electrons. The number of anilines is 2. The van der Waals surface area contributed by atoms with Crippen molar-refractivity contribution in [2.24, 2.45) is 5.73 Å². The van der Waals surface area contributed by atoms with Crippen molar-refractivity contribution >= 4 is 28.9 Å². The van der Waals surface area contributed by atoms with Crippen LogP contribution >= 0.6 is 11.6 Å². The fourth-order valence-corrected chi connectivity index (χ4v) is 2.89. The lowest BCUT2D eigenvalue weighted by molar-refractivity contribution is 0.0997. The molecule has 0 atom stereocenters. The van der Waals surface area contributed by atoms with Crippen LogP contribution in [0.2, 0.25) is 5.02 Å². The first-order valence-corrected chi connectivity index (χ1v) is 8.36. The van der Waals surface area contributed by atoms with Crippen molar-refractivity contribution < 1.29 is 9.53 Å². The van der Waals surface area contributed by atoms with Crippen LogP contribution in [-0.4, -0.2) is 18.0 Å². The van der Waals surface area contributed by atoms with E-state index in [4.69, 9.17) is 22.1 Å². The van der Waals surface area contributed by atoms with Crippen LogP contribution in [0.1, 0.15) is 15.9 Å². The van der Waals surface area contributed by atoms with Gasteiger partial charge in [0, 0.05) is 41.4 Å². The molecular formula is C20H18ClN3O2. The van der Waals surface area contributed by atoms with Gasteiger partial charge in [-0.1, -0.05) is 23.7 Å². The van der Waals surface area contributed by atoms with Crippen LogP contribution in [0.5, 0.6) is 5.75 Å². The number of benzene rings is 2. The lowest BCUT2D eigenvalue weighted by atomic mass is 10.1. The number of nitrogens with zero attached hydrogens (tertiary/aromatic N) is 2. The predicted octanol–water partition coefficient (Wildman–Crippen LogP) is 4.18. The standard InChI is InChI=1S/C20H18ClN3O2/c1-26-19-11-17(7-8-18(19)20(22)25)24(13-14-4-3-9-23-12-14)16-6-2-5-15(21)10-16/h2-12H,13H2,1H3,(H2,22,25). The van der Waals surface area contributed by atoms with Gasteiger partial charge in [0.25, 0.3) is 5.91 Å². The number of amides is 1. The fourth-order valence-electron chi connectivity index (χ4n) is 2.70. The number of pyridine rings is 1. The molecule has 26 heavy (non-hydrogen) atoms. The summed E-state index contributed by atoms with van der Waals surface area (Å²) in [5, 5.41) is 0.638. The molecule has 0 saturated heterocycles. The number of carbonyl (C=O) groups is 1. The zero-order valence-corrected chi connectivity index (χ0v) is 15.0. The Labute approximate surface area is 157 Å². The highest BCUT2D eigenvalue weighted by Gasteiger charge is 2.15. The molecule has 6 heteroatoms. The number of halogens is 1. The number of methoxy groups -OCH3 is 1. The maximum absolute atomic E-state index is 11.6. The zero-order valence-electron chi connectivity index (χ0n) is 14.2. The van der Waals surface area contributed by atoms with Crippen molar-refractivity contribution in [3.8, 4) is 5.75 Å². The van der Waals surface area contributed by atoms with E-state index in [9.17, 15) is 4.79 Å². The largest absolute Gasteiger partial charge is 0.496 e. The van der Waals surface area contributed by atoms with Gasteiger partial charge in [-0.15, -0.1) is 0 Å². The fraction of sp³-hybridized carbons (Fsp3) is 0.100. The van der Waals surface area contributed by atoms with Gasteiger partial charge < -0.3 is 15.4 Å². The van der Waals surface area contributed by atoms with Crippen molar-refractivity contribution in [2.45, 2.75) is 6.54 Å². The van der Waals surface area contributed by atoms with Crippen LogP contribution in [0.25, 0.3) is 0 Å². The van der Waals surface area contributed by atoms with E-state index >= 15 is 0 Å². The summed E-state index contributed by atoms with van der Waals surface area (Å²) in [4.78, 5) is 17.8. The van der Waals surface area contributed by atoms with Crippen LogP contribution in [0.4, 0.5) is 11.4 Å². The van der Waals surface area contributed by atoms with E-state index in [-0.39, 0.29) is 0 Å². The highest BCUT2D eigenvalue weighted by molar-refractivity contribution is 6.30. The summed E-state index contributed by atoms with van der Waals surface area (Å²) in [5.41, 5.74) is 8.54. The summed E-state index contributed by atoms with van der Waals surface area (Å²) < 4.78 is 5.34. The molecule has 0 fully saturated rings. The van der Waals surface area contributed by atoms with Crippen LogP contribution in [0.3, 0.4) is 0 Å². The van der Waals surface area contributed by atoms with Crippen molar-refractivity contribution in [1.29, 1.82) is 0 Å². The monoisotopic (exact) mass is 367 g/mol. The average Bonchev–Trinajstić information content (AvgIpc) is 2.66. The minimum absolute atomic E-state index is 0.337. The molecule has 0 radical (unpaired) electrons. The quantitative estimate of drug-likeness (QED) is 0.709. The first-order chi connectivity index (χ1) is 12.6. The van der Waals surface area contributed by atoms with Gasteiger partial charge in [-0.2, -0.15) is 0 Å². The van der Waals surface area contributed by atoms with Crippen molar-refractivity contribution in [3.05, 3.63) is 83.1 Å². The summed E-state index contributed by atoms with van der Waals surface area (Å²) in [5.74, 6) is -0.108. The van der Waals surface area contributed by atoms with Gasteiger partial charge in [0.1, 0.15) is 5.75 Å². The van der Waals surface area contributed by atoms with E-state index in [1.165, 1.54) is 7.11 Å². The second kappa shape index (κ2) is 7.89. The number of hydrogen-bond acceptors (Lipinski definition) is 4. The lowest BCUT2D eigenvalue weighted by Gasteiger charge is -2.26. The second-order valence-electron chi connectivity index (χ2n) is 5.68. The Morgan fingerprint density at radius 2 is 1.96 bits per heavy atom. The van der Waals surface area contributed by atoms with Crippen LogP contribution < -0.4 is 15.4 Å². The third kappa shape index (κ3) is 3.95. The Bertz CT molecular complexity index is 916. The Hall–Kier alpha value is -3.05. The van der Waals surface area contributed by atoms with E-state index in [1.54, 1.807) is 18.3 Å². The number of carbonyl (C=O) groups excluding carboxylic acids is 1. The molecule has 0 saturated carbocycles. The van der Waals surface area contributed by atoms with E-state index in [1.807, 2.05) is 48.7 Å². The molecule has 0 aliphatic carbocycles. The van der Waals surface area contributed by atoms with Crippen LogP contribution in [0.15, 0.2) is 67.0 Å². The Morgan fingerprint density at radius 3 is 2.62 bits per heavy atom. The van der Waals surface area contributed by atoms with Crippen LogP contribution in [0, 0.1) is 0 Å². The highest BCUT2D eigenvalue weighted by atomic mass is 35.5. The number of hydrogen-bond donors (Lipinski definition) is 1. The predicted molar refractivity (Wildman–Crippen MR) is 103 cm³/mol. The van der Waals surface area contributed by atoms with E-state index < -0.39 is 5.91 Å². The molecule has 0 aliphatic rings. The molecule has 1 aromatic heterocycles. The van der Waals surface area contributed by atoms with Crippen molar-refractivity contribution in [1.82, 2.24) is 4.98 Å². The van der Waals surface area contributed by atoms with Crippen LogP contribution in [-0.2, 0) is 6.54 Å². The van der Waals surface area contributed by atoms with Gasteiger partial charge in [0.2, 0.25) is 0 Å². The third-order valence-corrected chi connectivity index (χ3v) is 4.18. The molecular weight excluding hydrogens is 350 g/mol. The summed E-state index contributed by atoms with van der Waals surface area (Å²) in [6, 6.07) is 16.7. The normalized spacial score (nSPS) is 10.4. The molecule has 2 aromatic carbocycles. The highest BCUT2D eigenvalue weighted by Crippen LogP contribution is 2.33. The molecule has 5 nitrogen and oxygen atoms in total. The number of primary amides is 1. The first-order valence-electron chi connectivity index (χ1n) is 7.98. The van der Waals surface area contributed by atoms with Gasteiger partial charge in [0.05, 0.1) is 12.7 Å². The molecule has 0 aliphatic heterocycles. The third-order valence-electron chi connectivity index (χ3n) is 3.95. The van der Waals surface area contributed by atoms with E-state index in [2.05, 4.69) is 9.88 Å². The number of aromatic nitrogens is 1. The zero-order chi connectivity index (χ0) is 18.5. The molecule has 3 aromatic rings. The minimum atomic E-state index is -0.532. The Balaban J connectivity index is 2.07. The minimum Gasteiger partial charge on any atom is -0.496 e. The molecule has 1 heterocycles. The van der Waals surface area contributed by atoms with Crippen molar-refractivity contribution in [2.75, 3.05) is 12.0 Å².